The van der Waals surface area contributed by atoms with Gasteiger partial charge in [0.25, 0.3) is 0 Å². The van der Waals surface area contributed by atoms with Gasteiger partial charge in [-0.3, -0.25) is 0 Å². The minimum absolute atomic E-state index is 0.524. The SMILES string of the molecule is C[C@@H](O)[C@H](NC(=O)OC1(C)CCCCC1)C(=O)O. The Hall–Kier alpha value is -1.30. The topological polar surface area (TPSA) is 95.9 Å². The number of ether oxygens (including phenoxy) is 1. The molecule has 0 aromatic rings. The summed E-state index contributed by atoms with van der Waals surface area (Å²) >= 11 is 0. The van der Waals surface area contributed by atoms with Crippen LogP contribution in [0.5, 0.6) is 0 Å². The summed E-state index contributed by atoms with van der Waals surface area (Å²) in [5.74, 6) is -1.28. The van der Waals surface area contributed by atoms with Gasteiger partial charge in [0, 0.05) is 0 Å². The molecule has 1 amide bonds. The van der Waals surface area contributed by atoms with Crippen molar-refractivity contribution in [1.29, 1.82) is 0 Å². The molecule has 0 bridgehead atoms. The molecule has 1 rings (SSSR count). The van der Waals surface area contributed by atoms with Crippen molar-refractivity contribution in [3.05, 3.63) is 0 Å². The zero-order valence-corrected chi connectivity index (χ0v) is 10.8. The van der Waals surface area contributed by atoms with Gasteiger partial charge >= 0.3 is 12.1 Å². The Bertz CT molecular complexity index is 310. The van der Waals surface area contributed by atoms with E-state index in [0.29, 0.717) is 0 Å². The summed E-state index contributed by atoms with van der Waals surface area (Å²) in [6, 6.07) is -1.34. The number of carboxylic acids is 1. The normalized spacial score (nSPS) is 21.7. The highest BCUT2D eigenvalue weighted by Crippen LogP contribution is 2.31. The molecule has 0 unspecified atom stereocenters. The van der Waals surface area contributed by atoms with Crippen LogP contribution in [0.25, 0.3) is 0 Å². The summed E-state index contributed by atoms with van der Waals surface area (Å²) in [5.41, 5.74) is -0.524. The molecule has 3 N–H and O–H groups in total. The van der Waals surface area contributed by atoms with Crippen molar-refractivity contribution >= 4 is 12.1 Å². The van der Waals surface area contributed by atoms with E-state index >= 15 is 0 Å². The maximum Gasteiger partial charge on any atom is 0.408 e. The Kier molecular flexibility index (Phi) is 4.95. The van der Waals surface area contributed by atoms with Crippen LogP contribution in [-0.2, 0) is 9.53 Å². The fourth-order valence-electron chi connectivity index (χ4n) is 2.17. The fraction of sp³-hybridized carbons (Fsp3) is 0.833. The van der Waals surface area contributed by atoms with E-state index in [9.17, 15) is 14.7 Å². The molecule has 6 heteroatoms. The van der Waals surface area contributed by atoms with Gasteiger partial charge in [0.15, 0.2) is 6.04 Å². The van der Waals surface area contributed by atoms with E-state index in [1.807, 2.05) is 6.92 Å². The quantitative estimate of drug-likeness (QED) is 0.706. The van der Waals surface area contributed by atoms with Crippen LogP contribution >= 0.6 is 0 Å². The molecule has 0 heterocycles. The molecule has 1 saturated carbocycles. The second-order valence-corrected chi connectivity index (χ2v) is 5.10. The highest BCUT2D eigenvalue weighted by Gasteiger charge is 2.33. The van der Waals surface area contributed by atoms with E-state index in [2.05, 4.69) is 5.32 Å². The largest absolute Gasteiger partial charge is 0.480 e. The predicted octanol–water partition coefficient (Wildman–Crippen LogP) is 1.27. The van der Waals surface area contributed by atoms with Gasteiger partial charge in [0.1, 0.15) is 5.60 Å². The number of rotatable bonds is 4. The maximum absolute atomic E-state index is 11.6. The van der Waals surface area contributed by atoms with Gasteiger partial charge in [-0.15, -0.1) is 0 Å². The minimum atomic E-state index is -1.34. The van der Waals surface area contributed by atoms with Crippen LogP contribution in [0, 0.1) is 0 Å². The lowest BCUT2D eigenvalue weighted by atomic mass is 9.86. The Morgan fingerprint density at radius 2 is 1.83 bits per heavy atom. The number of alkyl carbamates (subject to hydrolysis) is 1. The van der Waals surface area contributed by atoms with Crippen LogP contribution in [-0.4, -0.2) is 40.0 Å². The summed E-state index contributed by atoms with van der Waals surface area (Å²) in [5, 5.41) is 20.3. The highest BCUT2D eigenvalue weighted by molar-refractivity contribution is 5.80. The van der Waals surface area contributed by atoms with Crippen molar-refractivity contribution in [3.63, 3.8) is 0 Å². The lowest BCUT2D eigenvalue weighted by Gasteiger charge is -2.33. The number of carboxylic acid groups (broad SMARTS) is 1. The van der Waals surface area contributed by atoms with Crippen molar-refractivity contribution in [1.82, 2.24) is 5.32 Å². The molecule has 0 spiro atoms. The van der Waals surface area contributed by atoms with Gasteiger partial charge in [-0.1, -0.05) is 6.42 Å². The summed E-state index contributed by atoms with van der Waals surface area (Å²) in [7, 11) is 0. The molecule has 104 valence electrons. The molecule has 2 atom stereocenters. The number of nitrogens with one attached hydrogen (secondary N) is 1. The maximum atomic E-state index is 11.6. The first kappa shape index (κ1) is 14.8. The van der Waals surface area contributed by atoms with Crippen molar-refractivity contribution in [3.8, 4) is 0 Å². The molecule has 0 radical (unpaired) electrons. The summed E-state index contributed by atoms with van der Waals surface area (Å²) < 4.78 is 5.29. The lowest BCUT2D eigenvalue weighted by molar-refractivity contribution is -0.142. The Labute approximate surface area is 106 Å². The monoisotopic (exact) mass is 259 g/mol. The number of aliphatic hydroxyl groups is 1. The third-order valence-electron chi connectivity index (χ3n) is 3.27. The van der Waals surface area contributed by atoms with Crippen LogP contribution < -0.4 is 5.32 Å². The molecule has 0 aromatic heterocycles. The number of amides is 1. The first-order valence-corrected chi connectivity index (χ1v) is 6.24. The zero-order chi connectivity index (χ0) is 13.8. The lowest BCUT2D eigenvalue weighted by Crippen LogP contribution is -2.50. The van der Waals surface area contributed by atoms with E-state index < -0.39 is 29.8 Å². The standard InChI is InChI=1S/C12H21NO5/c1-8(14)9(10(15)16)13-11(17)18-12(2)6-4-3-5-7-12/h8-9,14H,3-7H2,1-2H3,(H,13,17)(H,15,16)/t8-,9+/m1/s1. The molecule has 0 aromatic carbocycles. The van der Waals surface area contributed by atoms with Crippen molar-refractivity contribution in [2.75, 3.05) is 0 Å². The van der Waals surface area contributed by atoms with Crippen LogP contribution in [0.1, 0.15) is 46.0 Å². The van der Waals surface area contributed by atoms with Crippen LogP contribution in [0.2, 0.25) is 0 Å². The zero-order valence-electron chi connectivity index (χ0n) is 10.8. The van der Waals surface area contributed by atoms with E-state index in [0.717, 1.165) is 32.1 Å². The number of carbonyl (C=O) groups excluding carboxylic acids is 1. The molecular formula is C12H21NO5. The van der Waals surface area contributed by atoms with E-state index in [1.54, 1.807) is 0 Å². The van der Waals surface area contributed by atoms with Gasteiger partial charge in [0.2, 0.25) is 0 Å². The number of carbonyl (C=O) groups is 2. The molecular weight excluding hydrogens is 238 g/mol. The predicted molar refractivity (Wildman–Crippen MR) is 64.2 cm³/mol. The second kappa shape index (κ2) is 6.04. The van der Waals surface area contributed by atoms with Crippen molar-refractivity contribution in [2.45, 2.75) is 63.7 Å². The van der Waals surface area contributed by atoms with Gasteiger partial charge in [0.05, 0.1) is 6.10 Å². The second-order valence-electron chi connectivity index (χ2n) is 5.10. The number of hydrogen-bond acceptors (Lipinski definition) is 4. The Morgan fingerprint density at radius 3 is 2.28 bits per heavy atom. The van der Waals surface area contributed by atoms with Gasteiger partial charge in [-0.25, -0.2) is 9.59 Å². The van der Waals surface area contributed by atoms with E-state index in [4.69, 9.17) is 9.84 Å². The molecule has 0 aliphatic heterocycles. The summed E-state index contributed by atoms with van der Waals surface area (Å²) in [4.78, 5) is 22.4. The number of hydrogen-bond donors (Lipinski definition) is 3. The third kappa shape index (κ3) is 4.18. The third-order valence-corrected chi connectivity index (χ3v) is 3.27. The van der Waals surface area contributed by atoms with Crippen LogP contribution in [0.15, 0.2) is 0 Å². The average Bonchev–Trinajstić information content (AvgIpc) is 2.25. The van der Waals surface area contributed by atoms with Crippen LogP contribution in [0.4, 0.5) is 4.79 Å². The van der Waals surface area contributed by atoms with E-state index in [-0.39, 0.29) is 0 Å². The average molecular weight is 259 g/mol. The molecule has 1 aliphatic carbocycles. The first-order valence-electron chi connectivity index (χ1n) is 6.24. The van der Waals surface area contributed by atoms with Crippen LogP contribution in [0.3, 0.4) is 0 Å². The van der Waals surface area contributed by atoms with Crippen molar-refractivity contribution < 1.29 is 24.5 Å². The Balaban J connectivity index is 2.52. The number of aliphatic carboxylic acids is 1. The highest BCUT2D eigenvalue weighted by atomic mass is 16.6. The first-order chi connectivity index (χ1) is 8.34. The summed E-state index contributed by atoms with van der Waals surface area (Å²) in [6.07, 6.45) is 2.75. The van der Waals surface area contributed by atoms with Gasteiger partial charge < -0.3 is 20.3 Å². The molecule has 6 nitrogen and oxygen atoms in total. The molecule has 0 saturated heterocycles. The minimum Gasteiger partial charge on any atom is -0.480 e. The smallest absolute Gasteiger partial charge is 0.408 e. The van der Waals surface area contributed by atoms with E-state index in [1.165, 1.54) is 6.92 Å². The number of aliphatic hydroxyl groups excluding tert-OH is 1. The van der Waals surface area contributed by atoms with Gasteiger partial charge in [-0.05, 0) is 39.5 Å². The molecule has 1 fully saturated rings. The Morgan fingerprint density at radius 1 is 1.28 bits per heavy atom. The fourth-order valence-corrected chi connectivity index (χ4v) is 2.17. The molecule has 1 aliphatic rings. The summed E-state index contributed by atoms with van der Waals surface area (Å²) in [6.45, 7) is 3.16. The molecule has 18 heavy (non-hydrogen) atoms. The van der Waals surface area contributed by atoms with Crippen molar-refractivity contribution in [2.24, 2.45) is 0 Å². The van der Waals surface area contributed by atoms with Gasteiger partial charge in [-0.2, -0.15) is 0 Å².